The van der Waals surface area contributed by atoms with Gasteiger partial charge in [0.25, 0.3) is 0 Å². The minimum atomic E-state index is -2.94. The fraction of sp³-hybridized carbons (Fsp3) is 0.400. The number of sulfone groups is 1. The minimum absolute atomic E-state index is 0.0461. The monoisotopic (exact) mass is 226 g/mol. The predicted molar refractivity (Wildman–Crippen MR) is 59.0 cm³/mol. The van der Waals surface area contributed by atoms with Crippen molar-refractivity contribution < 1.29 is 8.42 Å². The number of aromatic nitrogens is 1. The van der Waals surface area contributed by atoms with Crippen LogP contribution >= 0.6 is 0 Å². The molecular weight excluding hydrogens is 212 g/mol. The van der Waals surface area contributed by atoms with Gasteiger partial charge in [-0.05, 0) is 11.6 Å². The van der Waals surface area contributed by atoms with Crippen molar-refractivity contribution in [3.63, 3.8) is 0 Å². The van der Waals surface area contributed by atoms with Crippen molar-refractivity contribution in [1.82, 2.24) is 9.88 Å². The van der Waals surface area contributed by atoms with Crippen molar-refractivity contribution in [1.29, 1.82) is 0 Å². The molecule has 15 heavy (non-hydrogen) atoms. The topological polar surface area (TPSA) is 51.1 Å². The number of aryl methyl sites for hydroxylation is 1. The summed E-state index contributed by atoms with van der Waals surface area (Å²) in [7, 11) is -0.981. The van der Waals surface area contributed by atoms with Crippen LogP contribution in [0.3, 0.4) is 0 Å². The smallest absolute Gasteiger partial charge is 0.173 e. The average Bonchev–Trinajstić information content (AvgIpc) is 2.69. The molecule has 1 N–H and O–H groups in total. The maximum atomic E-state index is 11.1. The van der Waals surface area contributed by atoms with Crippen LogP contribution < -0.4 is 5.32 Å². The Hall–Kier alpha value is -1.07. The third-order valence-corrected chi connectivity index (χ3v) is 3.79. The van der Waals surface area contributed by atoms with E-state index >= 15 is 0 Å². The molecule has 1 aliphatic heterocycles. The molecular formula is C10H14N2O2S. The summed E-state index contributed by atoms with van der Waals surface area (Å²) in [4.78, 5) is 0. The Balaban J connectivity index is 1.88. The van der Waals surface area contributed by atoms with Gasteiger partial charge in [-0.2, -0.15) is 0 Å². The normalized spacial score (nSPS) is 23.4. The van der Waals surface area contributed by atoms with Crippen LogP contribution in [0.5, 0.6) is 0 Å². The van der Waals surface area contributed by atoms with Gasteiger partial charge in [0.15, 0.2) is 9.84 Å². The van der Waals surface area contributed by atoms with E-state index in [1.54, 1.807) is 6.08 Å². The van der Waals surface area contributed by atoms with E-state index in [9.17, 15) is 8.42 Å². The Morgan fingerprint density at radius 3 is 2.93 bits per heavy atom. The SMILES string of the molecule is Cn1ccc(CNC2C=CS(=O)(=O)C2)c1. The standard InChI is InChI=1S/C10H14N2O2S/c1-12-4-2-9(7-12)6-11-10-3-5-15(13,14)8-10/h2-5,7,10-11H,6,8H2,1H3. The van der Waals surface area contributed by atoms with Crippen molar-refractivity contribution >= 4 is 9.84 Å². The second kappa shape index (κ2) is 3.83. The van der Waals surface area contributed by atoms with Gasteiger partial charge < -0.3 is 9.88 Å². The summed E-state index contributed by atoms with van der Waals surface area (Å²) in [6.45, 7) is 0.700. The van der Waals surface area contributed by atoms with Crippen LogP contribution in [0.15, 0.2) is 29.9 Å². The van der Waals surface area contributed by atoms with Crippen LogP contribution in [0.2, 0.25) is 0 Å². The number of nitrogens with zero attached hydrogens (tertiary/aromatic N) is 1. The predicted octanol–water partition coefficient (Wildman–Crippen LogP) is 0.425. The molecule has 4 nitrogen and oxygen atoms in total. The zero-order chi connectivity index (χ0) is 10.9. The van der Waals surface area contributed by atoms with E-state index < -0.39 is 9.84 Å². The molecule has 1 unspecified atom stereocenters. The van der Waals surface area contributed by atoms with E-state index in [-0.39, 0.29) is 11.8 Å². The largest absolute Gasteiger partial charge is 0.357 e. The van der Waals surface area contributed by atoms with Gasteiger partial charge in [-0.25, -0.2) is 8.42 Å². The summed E-state index contributed by atoms with van der Waals surface area (Å²) in [5.41, 5.74) is 1.16. The van der Waals surface area contributed by atoms with Gasteiger partial charge >= 0.3 is 0 Å². The summed E-state index contributed by atoms with van der Waals surface area (Å²) < 4.78 is 24.2. The van der Waals surface area contributed by atoms with Crippen molar-refractivity contribution in [2.45, 2.75) is 12.6 Å². The molecule has 1 aromatic rings. The van der Waals surface area contributed by atoms with Gasteiger partial charge in [0.1, 0.15) is 0 Å². The molecule has 0 spiro atoms. The first-order chi connectivity index (χ1) is 7.05. The lowest BCUT2D eigenvalue weighted by Gasteiger charge is -2.08. The number of rotatable bonds is 3. The molecule has 1 atom stereocenters. The summed E-state index contributed by atoms with van der Waals surface area (Å²) in [6.07, 6.45) is 5.69. The Bertz CT molecular complexity index is 473. The van der Waals surface area contributed by atoms with E-state index in [1.165, 1.54) is 5.41 Å². The Morgan fingerprint density at radius 2 is 2.40 bits per heavy atom. The highest BCUT2D eigenvalue weighted by atomic mass is 32.2. The minimum Gasteiger partial charge on any atom is -0.357 e. The first-order valence-corrected chi connectivity index (χ1v) is 6.52. The van der Waals surface area contributed by atoms with Gasteiger partial charge in [-0.15, -0.1) is 0 Å². The van der Waals surface area contributed by atoms with Crippen molar-refractivity contribution in [3.05, 3.63) is 35.5 Å². The Labute approximate surface area is 89.5 Å². The molecule has 0 fully saturated rings. The maximum Gasteiger partial charge on any atom is 0.173 e. The Morgan fingerprint density at radius 1 is 1.60 bits per heavy atom. The van der Waals surface area contributed by atoms with Crippen molar-refractivity contribution in [2.24, 2.45) is 7.05 Å². The van der Waals surface area contributed by atoms with Crippen LogP contribution in [0.1, 0.15) is 5.56 Å². The molecule has 5 heteroatoms. The van der Waals surface area contributed by atoms with Crippen LogP contribution in [0, 0.1) is 0 Å². The molecule has 0 bridgehead atoms. The summed E-state index contributed by atoms with van der Waals surface area (Å²) in [5.74, 6) is 0.180. The van der Waals surface area contributed by atoms with Crippen molar-refractivity contribution in [2.75, 3.05) is 5.75 Å². The summed E-state index contributed by atoms with van der Waals surface area (Å²) in [5, 5.41) is 4.47. The zero-order valence-electron chi connectivity index (χ0n) is 8.55. The average molecular weight is 226 g/mol. The third-order valence-electron chi connectivity index (χ3n) is 2.39. The van der Waals surface area contributed by atoms with Gasteiger partial charge in [0.05, 0.1) is 5.75 Å². The number of hydrogen-bond donors (Lipinski definition) is 1. The fourth-order valence-corrected chi connectivity index (χ4v) is 2.89. The molecule has 1 aromatic heterocycles. The highest BCUT2D eigenvalue weighted by Gasteiger charge is 2.20. The van der Waals surface area contributed by atoms with E-state index in [0.29, 0.717) is 6.54 Å². The van der Waals surface area contributed by atoms with Crippen LogP contribution in [0.25, 0.3) is 0 Å². The van der Waals surface area contributed by atoms with Gasteiger partial charge in [0, 0.05) is 37.4 Å². The lowest BCUT2D eigenvalue weighted by atomic mass is 10.3. The first kappa shape index (κ1) is 10.4. The lowest BCUT2D eigenvalue weighted by molar-refractivity contribution is 0.590. The van der Waals surface area contributed by atoms with Crippen molar-refractivity contribution in [3.8, 4) is 0 Å². The second-order valence-corrected chi connectivity index (χ2v) is 5.76. The molecule has 1 aliphatic rings. The van der Waals surface area contributed by atoms with Gasteiger partial charge in [-0.1, -0.05) is 6.08 Å². The quantitative estimate of drug-likeness (QED) is 0.813. The summed E-state index contributed by atoms with van der Waals surface area (Å²) in [6, 6.07) is 1.97. The van der Waals surface area contributed by atoms with E-state index in [0.717, 1.165) is 5.56 Å². The number of nitrogens with one attached hydrogen (secondary N) is 1. The highest BCUT2D eigenvalue weighted by molar-refractivity contribution is 7.94. The third kappa shape index (κ3) is 2.70. The van der Waals surface area contributed by atoms with Crippen LogP contribution in [-0.4, -0.2) is 24.8 Å². The molecule has 0 saturated carbocycles. The van der Waals surface area contributed by atoms with E-state index in [2.05, 4.69) is 5.32 Å². The molecule has 0 aromatic carbocycles. The molecule has 0 saturated heterocycles. The molecule has 82 valence electrons. The Kier molecular flexibility index (Phi) is 2.67. The fourth-order valence-electron chi connectivity index (χ4n) is 1.62. The molecule has 0 radical (unpaired) electrons. The van der Waals surface area contributed by atoms with E-state index in [1.807, 2.05) is 30.1 Å². The molecule has 0 aliphatic carbocycles. The highest BCUT2D eigenvalue weighted by Crippen LogP contribution is 2.09. The maximum absolute atomic E-state index is 11.1. The molecule has 0 amide bonds. The van der Waals surface area contributed by atoms with Gasteiger partial charge in [0.2, 0.25) is 0 Å². The number of hydrogen-bond acceptors (Lipinski definition) is 3. The first-order valence-electron chi connectivity index (χ1n) is 4.80. The van der Waals surface area contributed by atoms with Crippen LogP contribution in [-0.2, 0) is 23.4 Å². The molecule has 2 rings (SSSR count). The zero-order valence-corrected chi connectivity index (χ0v) is 9.37. The van der Waals surface area contributed by atoms with Gasteiger partial charge in [-0.3, -0.25) is 0 Å². The molecule has 2 heterocycles. The summed E-state index contributed by atoms with van der Waals surface area (Å²) >= 11 is 0. The lowest BCUT2D eigenvalue weighted by Crippen LogP contribution is -2.29. The van der Waals surface area contributed by atoms with E-state index in [4.69, 9.17) is 0 Å². The van der Waals surface area contributed by atoms with Crippen LogP contribution in [0.4, 0.5) is 0 Å². The second-order valence-electron chi connectivity index (χ2n) is 3.83.